The Morgan fingerprint density at radius 2 is 2.50 bits per heavy atom. The van der Waals surface area contributed by atoms with Crippen LogP contribution in [0.3, 0.4) is 0 Å². The molecule has 1 heteroatoms. The molecular formula is C5H4O. The monoisotopic (exact) mass is 80.0 g/mol. The minimum absolute atomic E-state index is 0.366. The van der Waals surface area contributed by atoms with E-state index in [-0.39, 0.29) is 5.78 Å². The van der Waals surface area contributed by atoms with E-state index in [0.717, 1.165) is 6.08 Å². The van der Waals surface area contributed by atoms with Crippen LogP contribution in [0.25, 0.3) is 0 Å². The minimum Gasteiger partial charge on any atom is -0.280 e. The SMILES string of the molecule is C#CC(=O)C=C. The molecule has 0 amide bonds. The van der Waals surface area contributed by atoms with Crippen LogP contribution in [0.4, 0.5) is 0 Å². The first-order valence-electron chi connectivity index (χ1n) is 1.44. The first kappa shape index (κ1) is 4.97. The predicted molar refractivity (Wildman–Crippen MR) is 24.0 cm³/mol. The summed E-state index contributed by atoms with van der Waals surface area (Å²) in [6.45, 7) is 3.14. The van der Waals surface area contributed by atoms with E-state index in [1.165, 1.54) is 0 Å². The predicted octanol–water partition coefficient (Wildman–Crippen LogP) is 0.375. The van der Waals surface area contributed by atoms with E-state index in [9.17, 15) is 4.79 Å². The highest BCUT2D eigenvalue weighted by Crippen LogP contribution is 1.62. The Morgan fingerprint density at radius 1 is 2.00 bits per heavy atom. The first-order chi connectivity index (χ1) is 2.81. The molecule has 0 radical (unpaired) electrons. The van der Waals surface area contributed by atoms with Gasteiger partial charge in [-0.15, -0.1) is 6.42 Å². The van der Waals surface area contributed by atoms with Gasteiger partial charge in [0.1, 0.15) is 0 Å². The Morgan fingerprint density at radius 3 is 2.50 bits per heavy atom. The Kier molecular flexibility index (Phi) is 1.84. The van der Waals surface area contributed by atoms with Crippen molar-refractivity contribution in [2.75, 3.05) is 0 Å². The van der Waals surface area contributed by atoms with Crippen molar-refractivity contribution in [3.05, 3.63) is 12.7 Å². The summed E-state index contributed by atoms with van der Waals surface area (Å²) in [4.78, 5) is 9.83. The summed E-state index contributed by atoms with van der Waals surface area (Å²) in [5, 5.41) is 0. The van der Waals surface area contributed by atoms with Crippen LogP contribution in [-0.2, 0) is 4.79 Å². The second-order valence-corrected chi connectivity index (χ2v) is 0.713. The molecule has 0 N–H and O–H groups in total. The topological polar surface area (TPSA) is 17.1 Å². The molecule has 0 fully saturated rings. The lowest BCUT2D eigenvalue weighted by Gasteiger charge is -1.63. The van der Waals surface area contributed by atoms with Gasteiger partial charge in [0.2, 0.25) is 5.78 Å². The lowest BCUT2D eigenvalue weighted by atomic mass is 10.4. The van der Waals surface area contributed by atoms with Crippen molar-refractivity contribution in [1.82, 2.24) is 0 Å². The smallest absolute Gasteiger partial charge is 0.227 e. The van der Waals surface area contributed by atoms with Gasteiger partial charge >= 0.3 is 0 Å². The molecule has 30 valence electrons. The number of carbonyl (C=O) groups is 1. The second kappa shape index (κ2) is 2.22. The molecule has 0 spiro atoms. The summed E-state index contributed by atoms with van der Waals surface area (Å²) in [6, 6.07) is 0. The van der Waals surface area contributed by atoms with Gasteiger partial charge in [0, 0.05) is 0 Å². The van der Waals surface area contributed by atoms with Crippen LogP contribution >= 0.6 is 0 Å². The van der Waals surface area contributed by atoms with Gasteiger partial charge < -0.3 is 0 Å². The lowest BCUT2D eigenvalue weighted by Crippen LogP contribution is -1.79. The fourth-order valence-corrected chi connectivity index (χ4v) is 0.0589. The number of hydrogen-bond acceptors (Lipinski definition) is 1. The van der Waals surface area contributed by atoms with Crippen LogP contribution in [0, 0.1) is 12.3 Å². The van der Waals surface area contributed by atoms with E-state index in [2.05, 4.69) is 13.0 Å². The maximum absolute atomic E-state index is 9.83. The average Bonchev–Trinajstić information content (AvgIpc) is 1.65. The standard InChI is InChI=1S/C5H4O/c1-3-5(6)4-2/h1,4H,2H2. The maximum atomic E-state index is 9.83. The molecule has 0 aromatic carbocycles. The normalized spacial score (nSPS) is 5.83. The minimum atomic E-state index is -0.366. The van der Waals surface area contributed by atoms with Crippen molar-refractivity contribution >= 4 is 5.78 Å². The van der Waals surface area contributed by atoms with Crippen molar-refractivity contribution in [2.24, 2.45) is 0 Å². The summed E-state index contributed by atoms with van der Waals surface area (Å²) >= 11 is 0. The molecule has 0 aliphatic heterocycles. The summed E-state index contributed by atoms with van der Waals surface area (Å²) in [5.41, 5.74) is 0. The van der Waals surface area contributed by atoms with Crippen molar-refractivity contribution in [3.8, 4) is 12.3 Å². The van der Waals surface area contributed by atoms with Gasteiger partial charge in [0.15, 0.2) is 0 Å². The molecule has 0 saturated carbocycles. The number of carbonyl (C=O) groups excluding carboxylic acids is 1. The van der Waals surface area contributed by atoms with E-state index in [4.69, 9.17) is 0 Å². The largest absolute Gasteiger partial charge is 0.280 e. The van der Waals surface area contributed by atoms with Gasteiger partial charge in [-0.2, -0.15) is 0 Å². The van der Waals surface area contributed by atoms with E-state index in [1.54, 1.807) is 0 Å². The third-order valence-corrected chi connectivity index (χ3v) is 0.328. The third-order valence-electron chi connectivity index (χ3n) is 0.328. The zero-order valence-electron chi connectivity index (χ0n) is 3.27. The molecule has 0 aliphatic rings. The molecule has 0 saturated heterocycles. The molecule has 0 aliphatic carbocycles. The number of rotatable bonds is 1. The highest BCUT2D eigenvalue weighted by Gasteiger charge is 1.76. The van der Waals surface area contributed by atoms with Crippen molar-refractivity contribution < 1.29 is 4.79 Å². The summed E-state index contributed by atoms with van der Waals surface area (Å²) in [6.07, 6.45) is 5.71. The number of ketones is 1. The number of hydrogen-bond donors (Lipinski definition) is 0. The zero-order chi connectivity index (χ0) is 4.99. The van der Waals surface area contributed by atoms with Crippen LogP contribution in [0.5, 0.6) is 0 Å². The first-order valence-corrected chi connectivity index (χ1v) is 1.44. The summed E-state index contributed by atoms with van der Waals surface area (Å²) in [5.74, 6) is 1.49. The fraction of sp³-hybridized carbons (Fsp3) is 0. The van der Waals surface area contributed by atoms with E-state index in [1.807, 2.05) is 5.92 Å². The Labute approximate surface area is 36.7 Å². The molecule has 0 aromatic rings. The van der Waals surface area contributed by atoms with Crippen LogP contribution in [-0.4, -0.2) is 5.78 Å². The molecular weight excluding hydrogens is 76.1 g/mol. The van der Waals surface area contributed by atoms with Crippen LogP contribution in [0.15, 0.2) is 12.7 Å². The Balaban J connectivity index is 3.63. The third kappa shape index (κ3) is 1.31. The molecule has 0 aromatic heterocycles. The van der Waals surface area contributed by atoms with Gasteiger partial charge in [-0.1, -0.05) is 6.58 Å². The molecule has 1 nitrogen and oxygen atoms in total. The molecule has 0 atom stereocenters. The molecule has 0 bridgehead atoms. The Bertz CT molecular complexity index is 106. The van der Waals surface area contributed by atoms with Gasteiger partial charge in [0.25, 0.3) is 0 Å². The molecule has 6 heavy (non-hydrogen) atoms. The second-order valence-electron chi connectivity index (χ2n) is 0.713. The van der Waals surface area contributed by atoms with E-state index < -0.39 is 0 Å². The summed E-state index contributed by atoms with van der Waals surface area (Å²) in [7, 11) is 0. The quantitative estimate of drug-likeness (QED) is 0.253. The maximum Gasteiger partial charge on any atom is 0.227 e. The molecule has 0 rings (SSSR count). The fourth-order valence-electron chi connectivity index (χ4n) is 0.0589. The average molecular weight is 80.1 g/mol. The van der Waals surface area contributed by atoms with E-state index >= 15 is 0 Å². The van der Waals surface area contributed by atoms with E-state index in [0.29, 0.717) is 0 Å². The number of terminal acetylenes is 1. The van der Waals surface area contributed by atoms with Gasteiger partial charge in [-0.25, -0.2) is 0 Å². The highest BCUT2D eigenvalue weighted by molar-refractivity contribution is 6.03. The van der Waals surface area contributed by atoms with Crippen LogP contribution in [0.2, 0.25) is 0 Å². The summed E-state index contributed by atoms with van der Waals surface area (Å²) < 4.78 is 0. The van der Waals surface area contributed by atoms with Crippen molar-refractivity contribution in [3.63, 3.8) is 0 Å². The van der Waals surface area contributed by atoms with Gasteiger partial charge in [0.05, 0.1) is 0 Å². The lowest BCUT2D eigenvalue weighted by molar-refractivity contribution is -0.109. The van der Waals surface area contributed by atoms with Crippen LogP contribution < -0.4 is 0 Å². The van der Waals surface area contributed by atoms with Crippen molar-refractivity contribution in [2.45, 2.75) is 0 Å². The zero-order valence-corrected chi connectivity index (χ0v) is 3.27. The highest BCUT2D eigenvalue weighted by atomic mass is 16.1. The van der Waals surface area contributed by atoms with Gasteiger partial charge in [-0.3, -0.25) is 4.79 Å². The molecule has 0 unspecified atom stereocenters. The Hall–Kier alpha value is -1.03. The van der Waals surface area contributed by atoms with Crippen LogP contribution in [0.1, 0.15) is 0 Å². The number of allylic oxidation sites excluding steroid dienone is 1. The van der Waals surface area contributed by atoms with Gasteiger partial charge in [-0.05, 0) is 12.0 Å². The van der Waals surface area contributed by atoms with Crippen molar-refractivity contribution in [1.29, 1.82) is 0 Å². The molecule has 0 heterocycles.